The van der Waals surface area contributed by atoms with Crippen molar-refractivity contribution in [1.82, 2.24) is 15.3 Å². The van der Waals surface area contributed by atoms with Crippen LogP contribution in [0.5, 0.6) is 5.88 Å². The molecular formula is C17H26N4O3. The molecule has 1 aromatic heterocycles. The molecule has 0 aromatic carbocycles. The lowest BCUT2D eigenvalue weighted by Gasteiger charge is -2.27. The zero-order chi connectivity index (χ0) is 16.8. The van der Waals surface area contributed by atoms with Gasteiger partial charge in [-0.25, -0.2) is 4.98 Å². The fourth-order valence-electron chi connectivity index (χ4n) is 3.16. The molecule has 1 aliphatic heterocycles. The molecule has 2 aliphatic rings. The number of carbonyl (C=O) groups excluding carboxylic acids is 1. The van der Waals surface area contributed by atoms with Gasteiger partial charge >= 0.3 is 0 Å². The maximum Gasteiger partial charge on any atom is 0.258 e. The number of amides is 1. The minimum atomic E-state index is -0.0777. The number of hydrogen-bond donors (Lipinski definition) is 1. The van der Waals surface area contributed by atoms with Gasteiger partial charge in [0.25, 0.3) is 5.91 Å². The number of nitrogens with one attached hydrogen (secondary N) is 1. The molecule has 1 saturated carbocycles. The van der Waals surface area contributed by atoms with Crippen molar-refractivity contribution in [1.29, 1.82) is 0 Å². The molecule has 7 heteroatoms. The largest absolute Gasteiger partial charge is 0.467 e. The molecule has 1 aromatic rings. The predicted molar refractivity (Wildman–Crippen MR) is 90.3 cm³/mol. The second-order valence-electron chi connectivity index (χ2n) is 6.44. The van der Waals surface area contributed by atoms with Gasteiger partial charge in [-0.15, -0.1) is 0 Å². The van der Waals surface area contributed by atoms with Crippen LogP contribution in [0.25, 0.3) is 0 Å². The second-order valence-corrected chi connectivity index (χ2v) is 6.44. The Morgan fingerprint density at radius 1 is 1.29 bits per heavy atom. The van der Waals surface area contributed by atoms with Gasteiger partial charge in [-0.2, -0.15) is 4.98 Å². The summed E-state index contributed by atoms with van der Waals surface area (Å²) in [5.41, 5.74) is 0.828. The van der Waals surface area contributed by atoms with Crippen molar-refractivity contribution in [2.24, 2.45) is 0 Å². The highest BCUT2D eigenvalue weighted by Crippen LogP contribution is 2.18. The maximum absolute atomic E-state index is 12.0. The quantitative estimate of drug-likeness (QED) is 0.878. The lowest BCUT2D eigenvalue weighted by Crippen LogP contribution is -2.39. The second kappa shape index (κ2) is 8.28. The topological polar surface area (TPSA) is 76.6 Å². The van der Waals surface area contributed by atoms with Crippen molar-refractivity contribution < 1.29 is 14.3 Å². The van der Waals surface area contributed by atoms with E-state index in [1.54, 1.807) is 6.07 Å². The van der Waals surface area contributed by atoms with E-state index in [2.05, 4.69) is 20.2 Å². The summed E-state index contributed by atoms with van der Waals surface area (Å²) in [5.74, 6) is 1.01. The first kappa shape index (κ1) is 17.0. The molecule has 24 heavy (non-hydrogen) atoms. The first-order valence-corrected chi connectivity index (χ1v) is 8.81. The van der Waals surface area contributed by atoms with Crippen LogP contribution in [0.4, 0.5) is 5.95 Å². The summed E-state index contributed by atoms with van der Waals surface area (Å²) >= 11 is 0. The van der Waals surface area contributed by atoms with E-state index >= 15 is 0 Å². The lowest BCUT2D eigenvalue weighted by molar-refractivity contribution is -0.124. The first-order valence-electron chi connectivity index (χ1n) is 8.81. The summed E-state index contributed by atoms with van der Waals surface area (Å²) in [6.45, 7) is 4.79. The molecule has 1 amide bonds. The van der Waals surface area contributed by atoms with Crippen LogP contribution < -0.4 is 15.0 Å². The monoisotopic (exact) mass is 334 g/mol. The van der Waals surface area contributed by atoms with Gasteiger partial charge in [0.15, 0.2) is 6.61 Å². The Morgan fingerprint density at radius 3 is 2.79 bits per heavy atom. The maximum atomic E-state index is 12.0. The zero-order valence-electron chi connectivity index (χ0n) is 14.3. The van der Waals surface area contributed by atoms with E-state index < -0.39 is 0 Å². The Kier molecular flexibility index (Phi) is 5.85. The standard InChI is InChI=1S/C17H26N4O3/c1-13-11-16(20-17(18-13)21-7-9-23-10-8-21)24-12-15(22)19-14-5-3-2-4-6-14/h11,14H,2-10,12H2,1H3,(H,19,22). The van der Waals surface area contributed by atoms with Crippen LogP contribution in [0.1, 0.15) is 37.8 Å². The van der Waals surface area contributed by atoms with Gasteiger partial charge in [-0.1, -0.05) is 19.3 Å². The summed E-state index contributed by atoms with van der Waals surface area (Å²) in [7, 11) is 0. The fourth-order valence-corrected chi connectivity index (χ4v) is 3.16. The molecule has 0 atom stereocenters. The summed E-state index contributed by atoms with van der Waals surface area (Å²) in [6, 6.07) is 2.06. The normalized spacial score (nSPS) is 19.1. The van der Waals surface area contributed by atoms with Crippen LogP contribution in [0, 0.1) is 6.92 Å². The van der Waals surface area contributed by atoms with Crippen LogP contribution in [0.3, 0.4) is 0 Å². The van der Waals surface area contributed by atoms with Gasteiger partial charge in [0, 0.05) is 30.9 Å². The van der Waals surface area contributed by atoms with Crippen molar-refractivity contribution >= 4 is 11.9 Å². The van der Waals surface area contributed by atoms with Crippen LogP contribution in [-0.4, -0.2) is 54.8 Å². The van der Waals surface area contributed by atoms with E-state index in [-0.39, 0.29) is 12.5 Å². The van der Waals surface area contributed by atoms with Gasteiger partial charge in [-0.05, 0) is 19.8 Å². The Morgan fingerprint density at radius 2 is 2.04 bits per heavy atom. The van der Waals surface area contributed by atoms with Crippen LogP contribution in [-0.2, 0) is 9.53 Å². The average Bonchev–Trinajstić information content (AvgIpc) is 2.61. The third-order valence-electron chi connectivity index (χ3n) is 4.43. The zero-order valence-corrected chi connectivity index (χ0v) is 14.3. The Labute approximate surface area is 142 Å². The Bertz CT molecular complexity index is 555. The predicted octanol–water partition coefficient (Wildman–Crippen LogP) is 1.45. The number of aryl methyl sites for hydroxylation is 1. The van der Waals surface area contributed by atoms with Crippen LogP contribution in [0.15, 0.2) is 6.07 Å². The molecule has 132 valence electrons. The lowest BCUT2D eigenvalue weighted by atomic mass is 9.95. The first-order chi connectivity index (χ1) is 11.7. The van der Waals surface area contributed by atoms with Gasteiger partial charge in [-0.3, -0.25) is 4.79 Å². The smallest absolute Gasteiger partial charge is 0.258 e. The van der Waals surface area contributed by atoms with Crippen LogP contribution >= 0.6 is 0 Å². The van der Waals surface area contributed by atoms with Crippen molar-refractivity contribution in [2.75, 3.05) is 37.8 Å². The van der Waals surface area contributed by atoms with Crippen LogP contribution in [0.2, 0.25) is 0 Å². The summed E-state index contributed by atoms with van der Waals surface area (Å²) < 4.78 is 11.0. The minimum absolute atomic E-state index is 0.00446. The molecule has 7 nitrogen and oxygen atoms in total. The van der Waals surface area contributed by atoms with E-state index in [4.69, 9.17) is 9.47 Å². The molecule has 0 spiro atoms. The number of hydrogen-bond acceptors (Lipinski definition) is 6. The summed E-state index contributed by atoms with van der Waals surface area (Å²) in [4.78, 5) is 23.0. The summed E-state index contributed by atoms with van der Waals surface area (Å²) in [5, 5.41) is 3.05. The van der Waals surface area contributed by atoms with E-state index in [0.29, 0.717) is 31.1 Å². The Balaban J connectivity index is 1.54. The van der Waals surface area contributed by atoms with E-state index in [9.17, 15) is 4.79 Å². The molecule has 0 bridgehead atoms. The SMILES string of the molecule is Cc1cc(OCC(=O)NC2CCCCC2)nc(N2CCOCC2)n1. The third-order valence-corrected chi connectivity index (χ3v) is 4.43. The summed E-state index contributed by atoms with van der Waals surface area (Å²) in [6.07, 6.45) is 5.80. The molecule has 2 fully saturated rings. The number of nitrogens with zero attached hydrogens (tertiary/aromatic N) is 3. The number of anilines is 1. The average molecular weight is 334 g/mol. The molecule has 0 radical (unpaired) electrons. The van der Waals surface area contributed by atoms with Crippen molar-refractivity contribution in [3.05, 3.63) is 11.8 Å². The van der Waals surface area contributed by atoms with E-state index in [1.165, 1.54) is 19.3 Å². The van der Waals surface area contributed by atoms with E-state index in [1.807, 2.05) is 6.92 Å². The highest BCUT2D eigenvalue weighted by atomic mass is 16.5. The number of rotatable bonds is 5. The third kappa shape index (κ3) is 4.80. The van der Waals surface area contributed by atoms with Gasteiger partial charge in [0.05, 0.1) is 13.2 Å². The fraction of sp³-hybridized carbons (Fsp3) is 0.706. The van der Waals surface area contributed by atoms with E-state index in [0.717, 1.165) is 31.6 Å². The molecular weight excluding hydrogens is 308 g/mol. The highest BCUT2D eigenvalue weighted by molar-refractivity contribution is 5.77. The van der Waals surface area contributed by atoms with Crippen molar-refractivity contribution in [2.45, 2.75) is 45.1 Å². The number of ether oxygens (including phenoxy) is 2. The molecule has 1 aliphatic carbocycles. The Hall–Kier alpha value is -1.89. The number of aromatic nitrogens is 2. The van der Waals surface area contributed by atoms with Gasteiger partial charge < -0.3 is 19.7 Å². The number of carbonyl (C=O) groups is 1. The molecule has 2 heterocycles. The van der Waals surface area contributed by atoms with Gasteiger partial charge in [0.2, 0.25) is 11.8 Å². The van der Waals surface area contributed by atoms with Crippen molar-refractivity contribution in [3.8, 4) is 5.88 Å². The molecule has 0 unspecified atom stereocenters. The molecule has 1 N–H and O–H groups in total. The van der Waals surface area contributed by atoms with Crippen molar-refractivity contribution in [3.63, 3.8) is 0 Å². The number of morpholine rings is 1. The minimum Gasteiger partial charge on any atom is -0.467 e. The molecule has 3 rings (SSSR count). The molecule has 1 saturated heterocycles. The highest BCUT2D eigenvalue weighted by Gasteiger charge is 2.18. The van der Waals surface area contributed by atoms with Gasteiger partial charge in [0.1, 0.15) is 0 Å².